The molecule has 1 heterocycles. The molecule has 5 nitrogen and oxygen atoms in total. The van der Waals surface area contributed by atoms with Crippen LogP contribution in [0.15, 0.2) is 15.8 Å². The minimum atomic E-state index is -0.349. The number of aryl methyl sites for hydroxylation is 1. The monoisotopic (exact) mass is 197 g/mol. The Balaban J connectivity index is 2.82. The van der Waals surface area contributed by atoms with Gasteiger partial charge < -0.3 is 5.32 Å². The number of hydrogen-bond acceptors (Lipinski definition) is 3. The molecule has 0 saturated carbocycles. The molecule has 0 aliphatic rings. The quantitative estimate of drug-likeness (QED) is 0.637. The molecule has 1 aromatic rings. The van der Waals surface area contributed by atoms with Gasteiger partial charge in [0.25, 0.3) is 5.56 Å². The van der Waals surface area contributed by atoms with Crippen LogP contribution in [0.5, 0.6) is 0 Å². The van der Waals surface area contributed by atoms with E-state index in [1.165, 1.54) is 4.57 Å². The zero-order valence-electron chi connectivity index (χ0n) is 8.46. The van der Waals surface area contributed by atoms with Crippen molar-refractivity contribution >= 4 is 0 Å². The molecular formula is C9H15N3O2. The molecule has 0 saturated heterocycles. The zero-order valence-corrected chi connectivity index (χ0v) is 8.46. The number of rotatable bonds is 4. The summed E-state index contributed by atoms with van der Waals surface area (Å²) in [5, 5.41) is 3.11. The van der Waals surface area contributed by atoms with E-state index < -0.39 is 0 Å². The summed E-state index contributed by atoms with van der Waals surface area (Å²) in [6.07, 6.45) is 1.58. The molecule has 0 spiro atoms. The highest BCUT2D eigenvalue weighted by atomic mass is 16.2. The molecular weight excluding hydrogens is 182 g/mol. The number of nitrogens with one attached hydrogen (secondary N) is 2. The second-order valence-corrected chi connectivity index (χ2v) is 3.12. The summed E-state index contributed by atoms with van der Waals surface area (Å²) in [5.41, 5.74) is -0.102. The van der Waals surface area contributed by atoms with Crippen molar-refractivity contribution in [3.05, 3.63) is 32.6 Å². The summed E-state index contributed by atoms with van der Waals surface area (Å²) in [7, 11) is 0. The Hall–Kier alpha value is -1.36. The molecule has 0 aromatic carbocycles. The van der Waals surface area contributed by atoms with Crippen LogP contribution >= 0.6 is 0 Å². The van der Waals surface area contributed by atoms with Crippen molar-refractivity contribution in [3.8, 4) is 0 Å². The lowest BCUT2D eigenvalue weighted by atomic mass is 10.4. The number of likely N-dealkylation sites (N-methyl/N-ethyl adjacent to an activating group) is 1. The molecule has 2 N–H and O–H groups in total. The van der Waals surface area contributed by atoms with Gasteiger partial charge in [0.2, 0.25) is 0 Å². The summed E-state index contributed by atoms with van der Waals surface area (Å²) in [6.45, 7) is 5.85. The predicted octanol–water partition coefficient (Wildman–Crippen LogP) is -0.545. The van der Waals surface area contributed by atoms with E-state index in [1.54, 1.807) is 13.1 Å². The van der Waals surface area contributed by atoms with Crippen molar-refractivity contribution in [2.75, 3.05) is 13.1 Å². The standard InChI is InChI=1S/C9H15N3O2/c1-3-10-4-5-12-6-7(2)8(13)11-9(12)14/h6,10H,3-5H2,1-2H3,(H,11,13,14). The zero-order chi connectivity index (χ0) is 10.6. The third-order valence-corrected chi connectivity index (χ3v) is 1.97. The highest BCUT2D eigenvalue weighted by molar-refractivity contribution is 5.00. The number of aromatic amines is 1. The van der Waals surface area contributed by atoms with Crippen LogP contribution < -0.4 is 16.6 Å². The molecule has 14 heavy (non-hydrogen) atoms. The van der Waals surface area contributed by atoms with Gasteiger partial charge in [0, 0.05) is 24.8 Å². The minimum Gasteiger partial charge on any atom is -0.315 e. The van der Waals surface area contributed by atoms with Gasteiger partial charge in [0.1, 0.15) is 0 Å². The Labute approximate surface area is 81.8 Å². The summed E-state index contributed by atoms with van der Waals surface area (Å²) in [5.74, 6) is 0. The van der Waals surface area contributed by atoms with Gasteiger partial charge in [-0.15, -0.1) is 0 Å². The maximum atomic E-state index is 11.3. The van der Waals surface area contributed by atoms with Crippen LogP contribution in [0.2, 0.25) is 0 Å². The van der Waals surface area contributed by atoms with Crippen LogP contribution in [0.25, 0.3) is 0 Å². The molecule has 0 amide bonds. The van der Waals surface area contributed by atoms with Gasteiger partial charge in [-0.3, -0.25) is 14.3 Å². The molecule has 0 aliphatic heterocycles. The minimum absolute atomic E-state index is 0.310. The van der Waals surface area contributed by atoms with Gasteiger partial charge in [-0.1, -0.05) is 6.92 Å². The average molecular weight is 197 g/mol. The van der Waals surface area contributed by atoms with Crippen molar-refractivity contribution in [1.29, 1.82) is 0 Å². The van der Waals surface area contributed by atoms with Crippen molar-refractivity contribution in [2.24, 2.45) is 0 Å². The fourth-order valence-electron chi connectivity index (χ4n) is 1.16. The number of aromatic nitrogens is 2. The first kappa shape index (κ1) is 10.7. The molecule has 0 atom stereocenters. The molecule has 1 aromatic heterocycles. The lowest BCUT2D eigenvalue weighted by Crippen LogP contribution is -2.33. The van der Waals surface area contributed by atoms with Crippen molar-refractivity contribution in [3.63, 3.8) is 0 Å². The first-order chi connectivity index (χ1) is 6.65. The van der Waals surface area contributed by atoms with Crippen LogP contribution in [0.3, 0.4) is 0 Å². The Bertz CT molecular complexity index is 405. The number of H-pyrrole nitrogens is 1. The Morgan fingerprint density at radius 3 is 2.86 bits per heavy atom. The second-order valence-electron chi connectivity index (χ2n) is 3.12. The molecule has 0 bridgehead atoms. The van der Waals surface area contributed by atoms with Crippen LogP contribution in [-0.2, 0) is 6.54 Å². The topological polar surface area (TPSA) is 66.9 Å². The van der Waals surface area contributed by atoms with E-state index in [-0.39, 0.29) is 11.2 Å². The summed E-state index contributed by atoms with van der Waals surface area (Å²) in [4.78, 5) is 24.6. The van der Waals surface area contributed by atoms with Gasteiger partial charge in [0.15, 0.2) is 0 Å². The first-order valence-corrected chi connectivity index (χ1v) is 4.66. The largest absolute Gasteiger partial charge is 0.328 e. The highest BCUT2D eigenvalue weighted by Crippen LogP contribution is 1.83. The van der Waals surface area contributed by atoms with Gasteiger partial charge in [-0.25, -0.2) is 4.79 Å². The molecule has 78 valence electrons. The highest BCUT2D eigenvalue weighted by Gasteiger charge is 1.99. The second kappa shape index (κ2) is 4.76. The van der Waals surface area contributed by atoms with E-state index in [9.17, 15) is 9.59 Å². The van der Waals surface area contributed by atoms with Crippen LogP contribution in [-0.4, -0.2) is 22.6 Å². The molecule has 5 heteroatoms. The van der Waals surface area contributed by atoms with E-state index >= 15 is 0 Å². The van der Waals surface area contributed by atoms with E-state index in [1.807, 2.05) is 6.92 Å². The SMILES string of the molecule is CCNCCn1cc(C)c(=O)[nH]c1=O. The molecule has 0 fully saturated rings. The predicted molar refractivity (Wildman–Crippen MR) is 54.6 cm³/mol. The maximum absolute atomic E-state index is 11.3. The van der Waals surface area contributed by atoms with Gasteiger partial charge in [-0.2, -0.15) is 0 Å². The van der Waals surface area contributed by atoms with Crippen molar-refractivity contribution in [2.45, 2.75) is 20.4 Å². The fraction of sp³-hybridized carbons (Fsp3) is 0.556. The average Bonchev–Trinajstić information content (AvgIpc) is 2.14. The third-order valence-electron chi connectivity index (χ3n) is 1.97. The maximum Gasteiger partial charge on any atom is 0.328 e. The molecule has 1 rings (SSSR count). The van der Waals surface area contributed by atoms with E-state index in [2.05, 4.69) is 10.3 Å². The Morgan fingerprint density at radius 1 is 1.50 bits per heavy atom. The summed E-state index contributed by atoms with van der Waals surface area (Å²) < 4.78 is 1.50. The summed E-state index contributed by atoms with van der Waals surface area (Å²) >= 11 is 0. The summed E-state index contributed by atoms with van der Waals surface area (Å²) in [6, 6.07) is 0. The van der Waals surface area contributed by atoms with E-state index in [4.69, 9.17) is 0 Å². The van der Waals surface area contributed by atoms with Gasteiger partial charge in [0.05, 0.1) is 0 Å². The van der Waals surface area contributed by atoms with E-state index in [0.29, 0.717) is 12.1 Å². The fourth-order valence-corrected chi connectivity index (χ4v) is 1.16. The molecule has 0 radical (unpaired) electrons. The Kier molecular flexibility index (Phi) is 3.64. The molecule has 0 aliphatic carbocycles. The van der Waals surface area contributed by atoms with E-state index in [0.717, 1.165) is 13.1 Å². The normalized spacial score (nSPS) is 10.4. The lowest BCUT2D eigenvalue weighted by Gasteiger charge is -2.05. The smallest absolute Gasteiger partial charge is 0.315 e. The van der Waals surface area contributed by atoms with Crippen LogP contribution in [0.1, 0.15) is 12.5 Å². The Morgan fingerprint density at radius 2 is 2.21 bits per heavy atom. The lowest BCUT2D eigenvalue weighted by molar-refractivity contribution is 0.584. The van der Waals surface area contributed by atoms with Crippen LogP contribution in [0.4, 0.5) is 0 Å². The van der Waals surface area contributed by atoms with Crippen molar-refractivity contribution in [1.82, 2.24) is 14.9 Å². The number of nitrogens with zero attached hydrogens (tertiary/aromatic N) is 1. The van der Waals surface area contributed by atoms with Gasteiger partial charge >= 0.3 is 5.69 Å². The third kappa shape index (κ3) is 2.56. The molecule has 0 unspecified atom stereocenters. The van der Waals surface area contributed by atoms with Crippen LogP contribution in [0, 0.1) is 6.92 Å². The number of hydrogen-bond donors (Lipinski definition) is 2. The first-order valence-electron chi connectivity index (χ1n) is 4.66. The van der Waals surface area contributed by atoms with Crippen molar-refractivity contribution < 1.29 is 0 Å². The van der Waals surface area contributed by atoms with Gasteiger partial charge in [-0.05, 0) is 13.5 Å².